The topological polar surface area (TPSA) is 55.8 Å². The van der Waals surface area contributed by atoms with Crippen LogP contribution in [0, 0.1) is 0 Å². The van der Waals surface area contributed by atoms with E-state index in [1.54, 1.807) is 0 Å². The van der Waals surface area contributed by atoms with Gasteiger partial charge in [0.1, 0.15) is 19.0 Å². The molecule has 0 aromatic heterocycles. The first-order valence-corrected chi connectivity index (χ1v) is 10.4. The van der Waals surface area contributed by atoms with Crippen molar-refractivity contribution in [3.05, 3.63) is 77.4 Å². The van der Waals surface area contributed by atoms with Gasteiger partial charge in [-0.05, 0) is 60.4 Å². The molecule has 0 unspecified atom stereocenters. The highest BCUT2D eigenvalue weighted by molar-refractivity contribution is 5.81. The molecule has 156 valence electrons. The lowest BCUT2D eigenvalue weighted by Gasteiger charge is -2.14. The fourth-order valence-electron chi connectivity index (χ4n) is 3.17. The molecular formula is C25H32O4. The van der Waals surface area contributed by atoms with E-state index >= 15 is 0 Å². The molecule has 0 heterocycles. The van der Waals surface area contributed by atoms with E-state index in [1.165, 1.54) is 11.1 Å². The van der Waals surface area contributed by atoms with Crippen molar-refractivity contribution >= 4 is 5.97 Å². The van der Waals surface area contributed by atoms with Crippen LogP contribution in [-0.2, 0) is 35.2 Å². The van der Waals surface area contributed by atoms with E-state index in [4.69, 9.17) is 14.6 Å². The second-order valence-corrected chi connectivity index (χ2v) is 7.06. The molecule has 4 nitrogen and oxygen atoms in total. The van der Waals surface area contributed by atoms with Crippen molar-refractivity contribution in [2.75, 3.05) is 19.8 Å². The summed E-state index contributed by atoms with van der Waals surface area (Å²) in [6.45, 7) is 6.23. The summed E-state index contributed by atoms with van der Waals surface area (Å²) >= 11 is 0. The molecule has 0 bridgehead atoms. The van der Waals surface area contributed by atoms with E-state index < -0.39 is 5.97 Å². The van der Waals surface area contributed by atoms with Crippen LogP contribution in [0.2, 0.25) is 0 Å². The number of hydrogen-bond acceptors (Lipinski definition) is 4. The molecular weight excluding hydrogens is 364 g/mol. The van der Waals surface area contributed by atoms with Crippen molar-refractivity contribution in [2.24, 2.45) is 0 Å². The van der Waals surface area contributed by atoms with Gasteiger partial charge in [-0.15, -0.1) is 0 Å². The number of carbonyl (C=O) groups is 1. The maximum Gasteiger partial charge on any atom is 0.330 e. The van der Waals surface area contributed by atoms with Gasteiger partial charge >= 0.3 is 5.97 Å². The van der Waals surface area contributed by atoms with Crippen LogP contribution in [0.1, 0.15) is 42.0 Å². The molecule has 2 rings (SSSR count). The van der Waals surface area contributed by atoms with Crippen molar-refractivity contribution < 1.29 is 19.4 Å². The van der Waals surface area contributed by atoms with Crippen LogP contribution in [0.5, 0.6) is 5.75 Å². The van der Waals surface area contributed by atoms with Gasteiger partial charge in [0.05, 0.1) is 0 Å². The SMILES string of the molecule is C=CC(=O)OCCOc1cc(CCCO)ccc1CCc1ccc(CCC)cc1. The van der Waals surface area contributed by atoms with Gasteiger partial charge in [-0.25, -0.2) is 4.79 Å². The van der Waals surface area contributed by atoms with E-state index in [0.29, 0.717) is 6.61 Å². The molecule has 1 N–H and O–H groups in total. The molecule has 0 fully saturated rings. The first-order chi connectivity index (χ1) is 14.2. The Hall–Kier alpha value is -2.59. The molecule has 2 aromatic carbocycles. The molecule has 0 aliphatic rings. The highest BCUT2D eigenvalue weighted by atomic mass is 16.6. The van der Waals surface area contributed by atoms with Gasteiger partial charge in [0.25, 0.3) is 0 Å². The minimum atomic E-state index is -0.447. The van der Waals surface area contributed by atoms with E-state index in [9.17, 15) is 4.79 Å². The van der Waals surface area contributed by atoms with Crippen molar-refractivity contribution in [3.63, 3.8) is 0 Å². The molecule has 4 heteroatoms. The number of aliphatic hydroxyl groups is 1. The third-order valence-corrected chi connectivity index (χ3v) is 4.75. The zero-order chi connectivity index (χ0) is 20.9. The molecule has 29 heavy (non-hydrogen) atoms. The van der Waals surface area contributed by atoms with Crippen LogP contribution in [0.15, 0.2) is 55.1 Å². The molecule has 2 aromatic rings. The number of aliphatic hydroxyl groups excluding tert-OH is 1. The summed E-state index contributed by atoms with van der Waals surface area (Å²) in [5.74, 6) is 0.370. The Kier molecular flexibility index (Phi) is 10.0. The summed E-state index contributed by atoms with van der Waals surface area (Å²) in [6, 6.07) is 15.1. The Morgan fingerprint density at radius 2 is 1.66 bits per heavy atom. The Balaban J connectivity index is 2.01. The van der Waals surface area contributed by atoms with E-state index in [0.717, 1.165) is 61.5 Å². The first kappa shape index (κ1) is 22.7. The van der Waals surface area contributed by atoms with Gasteiger partial charge < -0.3 is 14.6 Å². The first-order valence-electron chi connectivity index (χ1n) is 10.4. The number of ether oxygens (including phenoxy) is 2. The Morgan fingerprint density at radius 1 is 0.966 bits per heavy atom. The Labute approximate surface area is 174 Å². The van der Waals surface area contributed by atoms with Gasteiger partial charge in [-0.2, -0.15) is 0 Å². The monoisotopic (exact) mass is 396 g/mol. The van der Waals surface area contributed by atoms with Crippen molar-refractivity contribution in [1.82, 2.24) is 0 Å². The maximum absolute atomic E-state index is 11.2. The van der Waals surface area contributed by atoms with Crippen LogP contribution < -0.4 is 4.74 Å². The number of rotatable bonds is 13. The molecule has 0 aliphatic heterocycles. The van der Waals surface area contributed by atoms with Gasteiger partial charge in [-0.1, -0.05) is 56.3 Å². The van der Waals surface area contributed by atoms with Crippen LogP contribution in [0.25, 0.3) is 0 Å². The zero-order valence-corrected chi connectivity index (χ0v) is 17.4. The fraction of sp³-hybridized carbons (Fsp3) is 0.400. The number of hydrogen-bond donors (Lipinski definition) is 1. The quantitative estimate of drug-likeness (QED) is 0.309. The molecule has 0 amide bonds. The predicted molar refractivity (Wildman–Crippen MR) is 116 cm³/mol. The summed E-state index contributed by atoms with van der Waals surface area (Å²) in [6.07, 6.45) is 6.75. The van der Waals surface area contributed by atoms with Crippen molar-refractivity contribution in [2.45, 2.75) is 45.4 Å². The summed E-state index contributed by atoms with van der Waals surface area (Å²) in [4.78, 5) is 11.2. The van der Waals surface area contributed by atoms with Crippen LogP contribution in [0.4, 0.5) is 0 Å². The molecule has 0 atom stereocenters. The standard InChI is InChI=1S/C25H32O4/c1-3-6-20-8-10-21(11-9-20)12-14-23-15-13-22(7-5-16-26)19-24(23)28-17-18-29-25(27)4-2/h4,8-11,13,15,19,26H,2-3,5-7,12,14,16-18H2,1H3. The number of esters is 1. The van der Waals surface area contributed by atoms with Gasteiger partial charge in [-0.3, -0.25) is 0 Å². The summed E-state index contributed by atoms with van der Waals surface area (Å²) in [5, 5.41) is 9.08. The summed E-state index contributed by atoms with van der Waals surface area (Å²) in [7, 11) is 0. The van der Waals surface area contributed by atoms with Gasteiger partial charge in [0, 0.05) is 12.7 Å². The van der Waals surface area contributed by atoms with E-state index in [1.807, 2.05) is 6.07 Å². The number of aryl methyl sites for hydroxylation is 4. The predicted octanol–water partition coefficient (Wildman–Crippen LogP) is 4.46. The lowest BCUT2D eigenvalue weighted by Crippen LogP contribution is -2.11. The fourth-order valence-corrected chi connectivity index (χ4v) is 3.17. The third kappa shape index (κ3) is 8.12. The summed E-state index contributed by atoms with van der Waals surface area (Å²) in [5.41, 5.74) is 4.94. The average molecular weight is 397 g/mol. The summed E-state index contributed by atoms with van der Waals surface area (Å²) < 4.78 is 10.9. The van der Waals surface area contributed by atoms with Gasteiger partial charge in [0.15, 0.2) is 0 Å². The van der Waals surface area contributed by atoms with Crippen LogP contribution in [-0.4, -0.2) is 30.9 Å². The molecule has 0 saturated carbocycles. The second kappa shape index (κ2) is 12.8. The molecule has 0 spiro atoms. The highest BCUT2D eigenvalue weighted by Crippen LogP contribution is 2.23. The average Bonchev–Trinajstić information content (AvgIpc) is 2.75. The minimum absolute atomic E-state index is 0.170. The van der Waals surface area contributed by atoms with E-state index in [2.05, 4.69) is 49.9 Å². The smallest absolute Gasteiger partial charge is 0.330 e. The van der Waals surface area contributed by atoms with Crippen molar-refractivity contribution in [1.29, 1.82) is 0 Å². The van der Waals surface area contributed by atoms with E-state index in [-0.39, 0.29) is 13.2 Å². The van der Waals surface area contributed by atoms with Crippen LogP contribution >= 0.6 is 0 Å². The number of benzene rings is 2. The van der Waals surface area contributed by atoms with Gasteiger partial charge in [0.2, 0.25) is 0 Å². The Morgan fingerprint density at radius 3 is 2.31 bits per heavy atom. The highest BCUT2D eigenvalue weighted by Gasteiger charge is 2.08. The largest absolute Gasteiger partial charge is 0.490 e. The Bertz CT molecular complexity index is 765. The zero-order valence-electron chi connectivity index (χ0n) is 17.4. The van der Waals surface area contributed by atoms with Crippen LogP contribution in [0.3, 0.4) is 0 Å². The maximum atomic E-state index is 11.2. The normalized spacial score (nSPS) is 10.6. The molecule has 0 aliphatic carbocycles. The number of carbonyl (C=O) groups excluding carboxylic acids is 1. The lowest BCUT2D eigenvalue weighted by atomic mass is 9.99. The third-order valence-electron chi connectivity index (χ3n) is 4.75. The molecule has 0 radical (unpaired) electrons. The second-order valence-electron chi connectivity index (χ2n) is 7.06. The van der Waals surface area contributed by atoms with Crippen molar-refractivity contribution in [3.8, 4) is 5.75 Å². The lowest BCUT2D eigenvalue weighted by molar-refractivity contribution is -0.138. The molecule has 0 saturated heterocycles. The minimum Gasteiger partial charge on any atom is -0.490 e.